The van der Waals surface area contributed by atoms with Gasteiger partial charge in [-0.25, -0.2) is 4.98 Å². The number of aromatic nitrogens is 3. The van der Waals surface area contributed by atoms with Crippen molar-refractivity contribution in [3.8, 4) is 10.6 Å². The second kappa shape index (κ2) is 6.02. The number of aryl methyl sites for hydroxylation is 3. The van der Waals surface area contributed by atoms with E-state index < -0.39 is 0 Å². The van der Waals surface area contributed by atoms with Crippen molar-refractivity contribution < 1.29 is 4.79 Å². The van der Waals surface area contributed by atoms with E-state index in [0.29, 0.717) is 12.2 Å². The smallest absolute Gasteiger partial charge is 0.269 e. The summed E-state index contributed by atoms with van der Waals surface area (Å²) in [5, 5.41) is 10.4. The van der Waals surface area contributed by atoms with Gasteiger partial charge in [-0.1, -0.05) is 6.07 Å². The number of rotatable bonds is 4. The minimum atomic E-state index is -0.122. The van der Waals surface area contributed by atoms with E-state index in [-0.39, 0.29) is 5.91 Å². The van der Waals surface area contributed by atoms with Crippen LogP contribution in [0, 0.1) is 13.8 Å². The fourth-order valence-corrected chi connectivity index (χ4v) is 3.77. The van der Waals surface area contributed by atoms with Crippen molar-refractivity contribution in [1.29, 1.82) is 0 Å². The molecule has 1 amide bonds. The van der Waals surface area contributed by atoms with Gasteiger partial charge in [0.1, 0.15) is 11.4 Å². The van der Waals surface area contributed by atoms with Gasteiger partial charge >= 0.3 is 0 Å². The van der Waals surface area contributed by atoms with Crippen LogP contribution in [0.25, 0.3) is 10.6 Å². The van der Waals surface area contributed by atoms with Gasteiger partial charge in [0.25, 0.3) is 5.91 Å². The molecule has 3 heterocycles. The third kappa shape index (κ3) is 2.95. The Hall–Kier alpha value is -1.99. The lowest BCUT2D eigenvalue weighted by Gasteiger charge is -2.04. The molecule has 0 aliphatic carbocycles. The van der Waals surface area contributed by atoms with Gasteiger partial charge < -0.3 is 5.32 Å². The first-order valence-corrected chi connectivity index (χ1v) is 8.53. The van der Waals surface area contributed by atoms with Gasteiger partial charge in [0.05, 0.1) is 22.1 Å². The summed E-state index contributed by atoms with van der Waals surface area (Å²) in [6, 6.07) is 5.80. The van der Waals surface area contributed by atoms with Crippen molar-refractivity contribution in [3.05, 3.63) is 44.9 Å². The molecule has 3 aromatic heterocycles. The van der Waals surface area contributed by atoms with E-state index in [1.807, 2.05) is 37.4 Å². The van der Waals surface area contributed by atoms with Gasteiger partial charge in [0.2, 0.25) is 0 Å². The molecule has 0 aliphatic heterocycles. The largest absolute Gasteiger partial charge is 0.346 e. The zero-order valence-electron chi connectivity index (χ0n) is 12.6. The van der Waals surface area contributed by atoms with Crippen molar-refractivity contribution in [2.75, 3.05) is 0 Å². The Labute approximate surface area is 136 Å². The highest BCUT2D eigenvalue weighted by Crippen LogP contribution is 2.24. The van der Waals surface area contributed by atoms with Crippen LogP contribution >= 0.6 is 22.7 Å². The molecule has 3 aromatic rings. The Morgan fingerprint density at radius 2 is 2.23 bits per heavy atom. The lowest BCUT2D eigenvalue weighted by atomic mass is 10.3. The van der Waals surface area contributed by atoms with Gasteiger partial charge in [0, 0.05) is 11.9 Å². The maximum absolute atomic E-state index is 12.4. The monoisotopic (exact) mass is 332 g/mol. The van der Waals surface area contributed by atoms with Crippen LogP contribution in [-0.2, 0) is 13.6 Å². The summed E-state index contributed by atoms with van der Waals surface area (Å²) in [5.41, 5.74) is 2.36. The minimum absolute atomic E-state index is 0.122. The molecule has 0 bridgehead atoms. The molecule has 0 saturated heterocycles. The highest BCUT2D eigenvalue weighted by molar-refractivity contribution is 7.13. The van der Waals surface area contributed by atoms with Gasteiger partial charge in [-0.15, -0.1) is 22.7 Å². The third-order valence-corrected chi connectivity index (χ3v) is 5.26. The van der Waals surface area contributed by atoms with E-state index in [1.54, 1.807) is 34.4 Å². The number of nitrogens with zero attached hydrogens (tertiary/aromatic N) is 3. The first-order valence-electron chi connectivity index (χ1n) is 6.83. The van der Waals surface area contributed by atoms with Crippen LogP contribution in [0.2, 0.25) is 0 Å². The van der Waals surface area contributed by atoms with Crippen molar-refractivity contribution in [1.82, 2.24) is 20.1 Å². The van der Waals surface area contributed by atoms with E-state index >= 15 is 0 Å². The summed E-state index contributed by atoms with van der Waals surface area (Å²) in [6.07, 6.45) is 0. The van der Waals surface area contributed by atoms with E-state index in [0.717, 1.165) is 26.1 Å². The zero-order chi connectivity index (χ0) is 15.7. The van der Waals surface area contributed by atoms with Crippen molar-refractivity contribution in [2.45, 2.75) is 20.4 Å². The predicted molar refractivity (Wildman–Crippen MR) is 89.3 cm³/mol. The van der Waals surface area contributed by atoms with Gasteiger partial charge in [-0.3, -0.25) is 9.48 Å². The summed E-state index contributed by atoms with van der Waals surface area (Å²) in [7, 11) is 1.79. The number of thiazole rings is 1. The summed E-state index contributed by atoms with van der Waals surface area (Å²) >= 11 is 3.22. The van der Waals surface area contributed by atoms with Crippen LogP contribution in [0.15, 0.2) is 23.6 Å². The fourth-order valence-electron chi connectivity index (χ4n) is 2.21. The van der Waals surface area contributed by atoms with Crippen LogP contribution in [0.4, 0.5) is 0 Å². The first-order chi connectivity index (χ1) is 10.5. The molecular weight excluding hydrogens is 316 g/mol. The summed E-state index contributed by atoms with van der Waals surface area (Å²) in [4.78, 5) is 18.9. The fraction of sp³-hybridized carbons (Fsp3) is 0.267. The molecule has 3 rings (SSSR count). The van der Waals surface area contributed by atoms with Crippen LogP contribution in [0.5, 0.6) is 0 Å². The quantitative estimate of drug-likeness (QED) is 0.798. The maximum Gasteiger partial charge on any atom is 0.269 e. The molecule has 0 aliphatic rings. The van der Waals surface area contributed by atoms with E-state index in [9.17, 15) is 4.79 Å². The van der Waals surface area contributed by atoms with Crippen LogP contribution in [-0.4, -0.2) is 20.7 Å². The number of hydrogen-bond donors (Lipinski definition) is 1. The van der Waals surface area contributed by atoms with Crippen molar-refractivity contribution in [2.24, 2.45) is 7.05 Å². The second-order valence-corrected chi connectivity index (χ2v) is 7.18. The second-order valence-electron chi connectivity index (χ2n) is 4.94. The van der Waals surface area contributed by atoms with Crippen LogP contribution < -0.4 is 5.32 Å². The summed E-state index contributed by atoms with van der Waals surface area (Å²) in [6.45, 7) is 4.43. The van der Waals surface area contributed by atoms with Gasteiger partial charge in [-0.2, -0.15) is 5.10 Å². The Bertz CT molecular complexity index is 802. The molecule has 7 heteroatoms. The van der Waals surface area contributed by atoms with Crippen molar-refractivity contribution >= 4 is 28.6 Å². The molecule has 1 N–H and O–H groups in total. The SMILES string of the molecule is Cc1nc(C)c(CNC(=O)c2cc(-c3cccs3)nn2C)s1. The molecule has 5 nitrogen and oxygen atoms in total. The standard InChI is InChI=1S/C15H16N4OS2/c1-9-14(22-10(2)17-9)8-16-15(20)12-7-11(18-19(12)3)13-5-4-6-21-13/h4-7H,8H2,1-3H3,(H,16,20). The Balaban J connectivity index is 1.74. The average Bonchev–Trinajstić information content (AvgIpc) is 3.16. The number of nitrogens with one attached hydrogen (secondary N) is 1. The molecule has 114 valence electrons. The molecule has 0 radical (unpaired) electrons. The van der Waals surface area contributed by atoms with E-state index in [1.165, 1.54) is 0 Å². The van der Waals surface area contributed by atoms with Crippen molar-refractivity contribution in [3.63, 3.8) is 0 Å². The minimum Gasteiger partial charge on any atom is -0.346 e. The van der Waals surface area contributed by atoms with Crippen LogP contribution in [0.1, 0.15) is 26.1 Å². The predicted octanol–water partition coefficient (Wildman–Crippen LogP) is 3.15. The topological polar surface area (TPSA) is 59.8 Å². The average molecular weight is 332 g/mol. The highest BCUT2D eigenvalue weighted by Gasteiger charge is 2.15. The molecular formula is C15H16N4OS2. The zero-order valence-corrected chi connectivity index (χ0v) is 14.2. The lowest BCUT2D eigenvalue weighted by molar-refractivity contribution is 0.0942. The highest BCUT2D eigenvalue weighted by atomic mass is 32.1. The Kier molecular flexibility index (Phi) is 4.08. The molecule has 0 aromatic carbocycles. The normalized spacial score (nSPS) is 10.9. The van der Waals surface area contributed by atoms with E-state index in [4.69, 9.17) is 0 Å². The molecule has 0 fully saturated rings. The first kappa shape index (κ1) is 14.9. The lowest BCUT2D eigenvalue weighted by Crippen LogP contribution is -2.25. The number of amides is 1. The maximum atomic E-state index is 12.4. The Morgan fingerprint density at radius 1 is 1.41 bits per heavy atom. The molecule has 0 unspecified atom stereocenters. The molecule has 22 heavy (non-hydrogen) atoms. The third-order valence-electron chi connectivity index (χ3n) is 3.30. The van der Waals surface area contributed by atoms with Gasteiger partial charge in [0.15, 0.2) is 0 Å². The summed E-state index contributed by atoms with van der Waals surface area (Å²) < 4.78 is 1.62. The molecule has 0 spiro atoms. The number of hydrogen-bond acceptors (Lipinski definition) is 5. The number of carbonyl (C=O) groups is 1. The van der Waals surface area contributed by atoms with Gasteiger partial charge in [-0.05, 0) is 31.4 Å². The number of thiophene rings is 1. The summed E-state index contributed by atoms with van der Waals surface area (Å²) in [5.74, 6) is -0.122. The van der Waals surface area contributed by atoms with E-state index in [2.05, 4.69) is 15.4 Å². The number of carbonyl (C=O) groups excluding carboxylic acids is 1. The molecule has 0 atom stereocenters. The Morgan fingerprint density at radius 3 is 2.86 bits per heavy atom. The van der Waals surface area contributed by atoms with Crippen LogP contribution in [0.3, 0.4) is 0 Å². The molecule has 0 saturated carbocycles.